The summed E-state index contributed by atoms with van der Waals surface area (Å²) in [6.45, 7) is 4.29. The Kier molecular flexibility index (Phi) is 4.51. The molecule has 1 fully saturated rings. The number of rotatable bonds is 3. The van der Waals surface area contributed by atoms with Crippen molar-refractivity contribution in [2.45, 2.75) is 31.3 Å². The van der Waals surface area contributed by atoms with E-state index in [9.17, 15) is 4.79 Å². The third-order valence-electron chi connectivity index (χ3n) is 6.53. The van der Waals surface area contributed by atoms with Crippen molar-refractivity contribution < 1.29 is 9.21 Å². The largest absolute Gasteiger partial charge is 0.459 e. The molecule has 2 aliphatic heterocycles. The van der Waals surface area contributed by atoms with E-state index >= 15 is 0 Å². The zero-order valence-corrected chi connectivity index (χ0v) is 16.8. The molecule has 0 aliphatic carbocycles. The Morgan fingerprint density at radius 2 is 2.00 bits per heavy atom. The topological polar surface area (TPSA) is 54.5 Å². The van der Waals surface area contributed by atoms with Crippen LogP contribution in [0.25, 0.3) is 0 Å². The van der Waals surface area contributed by atoms with Gasteiger partial charge < -0.3 is 13.9 Å². The van der Waals surface area contributed by atoms with E-state index in [4.69, 9.17) is 4.42 Å². The van der Waals surface area contributed by atoms with Gasteiger partial charge in [0.05, 0.1) is 12.8 Å². The zero-order chi connectivity index (χ0) is 19.8. The van der Waals surface area contributed by atoms with Crippen LogP contribution in [0.15, 0.2) is 59.5 Å². The second-order valence-electron chi connectivity index (χ2n) is 8.31. The van der Waals surface area contributed by atoms with Crippen molar-refractivity contribution in [3.63, 3.8) is 0 Å². The van der Waals surface area contributed by atoms with Crippen molar-refractivity contribution in [1.82, 2.24) is 19.4 Å². The van der Waals surface area contributed by atoms with E-state index in [0.717, 1.165) is 51.4 Å². The molecule has 4 heterocycles. The standard InChI is InChI=1S/C23H26N4O2/c1-25-13-10-24-21(25)16-26-15-18-5-2-3-6-19(18)23(17-26)8-11-27(12-9-23)22(28)20-7-4-14-29-20/h2-7,10,13-14H,8-9,11-12,15-17H2,1H3. The summed E-state index contributed by atoms with van der Waals surface area (Å²) in [5.41, 5.74) is 2.94. The molecular formula is C23H26N4O2. The van der Waals surface area contributed by atoms with Crippen molar-refractivity contribution in [3.8, 4) is 0 Å². The number of aryl methyl sites for hydroxylation is 1. The van der Waals surface area contributed by atoms with Gasteiger partial charge in [-0.25, -0.2) is 4.98 Å². The van der Waals surface area contributed by atoms with Gasteiger partial charge in [-0.05, 0) is 36.1 Å². The number of likely N-dealkylation sites (tertiary alicyclic amines) is 1. The Labute approximate surface area is 170 Å². The van der Waals surface area contributed by atoms with Gasteiger partial charge in [-0.1, -0.05) is 24.3 Å². The summed E-state index contributed by atoms with van der Waals surface area (Å²) in [5.74, 6) is 1.52. The van der Waals surface area contributed by atoms with E-state index < -0.39 is 0 Å². The first kappa shape index (κ1) is 18.2. The first-order valence-electron chi connectivity index (χ1n) is 10.2. The van der Waals surface area contributed by atoms with Crippen molar-refractivity contribution in [1.29, 1.82) is 0 Å². The molecule has 3 aromatic rings. The molecule has 0 saturated carbocycles. The van der Waals surface area contributed by atoms with E-state index in [1.54, 1.807) is 18.4 Å². The Balaban J connectivity index is 1.38. The fourth-order valence-corrected chi connectivity index (χ4v) is 4.97. The summed E-state index contributed by atoms with van der Waals surface area (Å²) >= 11 is 0. The molecule has 29 heavy (non-hydrogen) atoms. The Morgan fingerprint density at radius 3 is 2.72 bits per heavy atom. The van der Waals surface area contributed by atoms with Crippen LogP contribution in [-0.4, -0.2) is 44.9 Å². The SMILES string of the molecule is Cn1ccnc1CN1Cc2ccccc2C2(CCN(C(=O)c3ccco3)CC2)C1. The highest BCUT2D eigenvalue weighted by atomic mass is 16.3. The van der Waals surface area contributed by atoms with Crippen LogP contribution in [0.4, 0.5) is 0 Å². The summed E-state index contributed by atoms with van der Waals surface area (Å²) in [7, 11) is 2.05. The third kappa shape index (κ3) is 3.27. The highest BCUT2D eigenvalue weighted by Crippen LogP contribution is 2.42. The molecule has 6 heteroatoms. The lowest BCUT2D eigenvalue weighted by Gasteiger charge is -2.48. The highest BCUT2D eigenvalue weighted by Gasteiger charge is 2.43. The van der Waals surface area contributed by atoms with E-state index in [2.05, 4.69) is 45.8 Å². The molecule has 0 bridgehead atoms. The number of aromatic nitrogens is 2. The van der Waals surface area contributed by atoms with Crippen molar-refractivity contribution in [3.05, 3.63) is 77.8 Å². The molecule has 1 spiro atoms. The number of benzene rings is 1. The predicted octanol–water partition coefficient (Wildman–Crippen LogP) is 3.20. The monoisotopic (exact) mass is 390 g/mol. The van der Waals surface area contributed by atoms with Gasteiger partial charge in [0.1, 0.15) is 5.82 Å². The highest BCUT2D eigenvalue weighted by molar-refractivity contribution is 5.91. The number of piperidine rings is 1. The molecule has 6 nitrogen and oxygen atoms in total. The van der Waals surface area contributed by atoms with Gasteiger partial charge in [-0.15, -0.1) is 0 Å². The number of carbonyl (C=O) groups excluding carboxylic acids is 1. The van der Waals surface area contributed by atoms with E-state index in [-0.39, 0.29) is 11.3 Å². The van der Waals surface area contributed by atoms with Gasteiger partial charge in [-0.2, -0.15) is 0 Å². The van der Waals surface area contributed by atoms with Gasteiger partial charge >= 0.3 is 0 Å². The lowest BCUT2D eigenvalue weighted by Crippen LogP contribution is -2.52. The maximum atomic E-state index is 12.7. The van der Waals surface area contributed by atoms with Gasteiger partial charge in [0.15, 0.2) is 5.76 Å². The Hall–Kier alpha value is -2.86. The number of furan rings is 1. The molecule has 2 aromatic heterocycles. The molecule has 5 rings (SSSR count). The van der Waals surface area contributed by atoms with Gasteiger partial charge in [0.2, 0.25) is 0 Å². The molecule has 2 aliphatic rings. The summed E-state index contributed by atoms with van der Waals surface area (Å²) in [5, 5.41) is 0. The molecule has 0 radical (unpaired) electrons. The number of carbonyl (C=O) groups is 1. The predicted molar refractivity (Wildman–Crippen MR) is 109 cm³/mol. The first-order chi connectivity index (χ1) is 14.1. The van der Waals surface area contributed by atoms with Gasteiger partial charge in [0.25, 0.3) is 5.91 Å². The normalized spacial score (nSPS) is 18.7. The summed E-state index contributed by atoms with van der Waals surface area (Å²) in [6.07, 6.45) is 7.36. The van der Waals surface area contributed by atoms with Gasteiger partial charge in [-0.3, -0.25) is 9.69 Å². The first-order valence-corrected chi connectivity index (χ1v) is 10.2. The summed E-state index contributed by atoms with van der Waals surface area (Å²) in [6, 6.07) is 12.3. The van der Waals surface area contributed by atoms with Crippen LogP contribution in [0, 0.1) is 0 Å². The molecule has 1 aromatic carbocycles. The van der Waals surface area contributed by atoms with Crippen LogP contribution in [0.3, 0.4) is 0 Å². The second-order valence-corrected chi connectivity index (χ2v) is 8.31. The number of amides is 1. The van der Waals surface area contributed by atoms with Crippen molar-refractivity contribution >= 4 is 5.91 Å². The summed E-state index contributed by atoms with van der Waals surface area (Å²) in [4.78, 5) is 21.7. The van der Waals surface area contributed by atoms with E-state index in [0.29, 0.717) is 5.76 Å². The van der Waals surface area contributed by atoms with E-state index in [1.807, 2.05) is 17.3 Å². The minimum atomic E-state index is -0.00110. The Morgan fingerprint density at radius 1 is 1.17 bits per heavy atom. The number of nitrogens with zero attached hydrogens (tertiary/aromatic N) is 4. The fraction of sp³-hybridized carbons (Fsp3) is 0.391. The molecule has 0 unspecified atom stereocenters. The maximum absolute atomic E-state index is 12.7. The lowest BCUT2D eigenvalue weighted by atomic mass is 9.69. The van der Waals surface area contributed by atoms with Crippen LogP contribution in [0.2, 0.25) is 0 Å². The van der Waals surface area contributed by atoms with Crippen LogP contribution >= 0.6 is 0 Å². The minimum absolute atomic E-state index is 0.00110. The smallest absolute Gasteiger partial charge is 0.289 e. The second kappa shape index (κ2) is 7.19. The average Bonchev–Trinajstić information content (AvgIpc) is 3.41. The number of hydrogen-bond acceptors (Lipinski definition) is 4. The molecule has 1 saturated heterocycles. The lowest BCUT2D eigenvalue weighted by molar-refractivity contribution is 0.0555. The summed E-state index contributed by atoms with van der Waals surface area (Å²) < 4.78 is 7.42. The fourth-order valence-electron chi connectivity index (χ4n) is 4.97. The molecule has 1 amide bonds. The molecule has 0 N–H and O–H groups in total. The number of imidazole rings is 1. The van der Waals surface area contributed by atoms with Crippen LogP contribution in [0.5, 0.6) is 0 Å². The molecule has 150 valence electrons. The van der Waals surface area contributed by atoms with Crippen molar-refractivity contribution in [2.75, 3.05) is 19.6 Å². The quantitative estimate of drug-likeness (QED) is 0.689. The average molecular weight is 390 g/mol. The zero-order valence-electron chi connectivity index (χ0n) is 16.8. The van der Waals surface area contributed by atoms with Crippen molar-refractivity contribution in [2.24, 2.45) is 7.05 Å². The maximum Gasteiger partial charge on any atom is 0.289 e. The number of fused-ring (bicyclic) bond motifs is 2. The number of hydrogen-bond donors (Lipinski definition) is 0. The molecular weight excluding hydrogens is 364 g/mol. The molecule has 0 atom stereocenters. The van der Waals surface area contributed by atoms with Crippen LogP contribution < -0.4 is 0 Å². The van der Waals surface area contributed by atoms with Crippen LogP contribution in [0.1, 0.15) is 40.3 Å². The van der Waals surface area contributed by atoms with E-state index in [1.165, 1.54) is 11.1 Å². The van der Waals surface area contributed by atoms with Crippen LogP contribution in [-0.2, 0) is 25.6 Å². The van der Waals surface area contributed by atoms with Gasteiger partial charge in [0, 0.05) is 51.0 Å². The third-order valence-corrected chi connectivity index (χ3v) is 6.53. The Bertz CT molecular complexity index is 1000. The minimum Gasteiger partial charge on any atom is -0.459 e.